The number of ether oxygens (including phenoxy) is 1. The predicted molar refractivity (Wildman–Crippen MR) is 68.0 cm³/mol. The topological polar surface area (TPSA) is 56.5 Å². The van der Waals surface area contributed by atoms with Gasteiger partial charge < -0.3 is 4.74 Å². The summed E-state index contributed by atoms with van der Waals surface area (Å²) in [6.45, 7) is 6.11. The van der Waals surface area contributed by atoms with Gasteiger partial charge in [-0.15, -0.1) is 0 Å². The molecule has 0 saturated carbocycles. The first-order chi connectivity index (χ1) is 8.52. The van der Waals surface area contributed by atoms with E-state index >= 15 is 0 Å². The number of hydrogen-bond donors (Lipinski definition) is 0. The Kier molecular flexibility index (Phi) is 3.52. The van der Waals surface area contributed by atoms with Gasteiger partial charge >= 0.3 is 5.97 Å². The summed E-state index contributed by atoms with van der Waals surface area (Å²) in [5.74, 6) is -0.210. The molecular formula is C12H14ClN3O2. The Morgan fingerprint density at radius 2 is 2.22 bits per heavy atom. The standard InChI is InChI=1S/C12H14ClN3O2/c1-4-18-12(17)9-6-11-14-8(7(2)3)5-10(13)16(11)15-9/h5-7H,4H2,1-3H3. The van der Waals surface area contributed by atoms with Crippen molar-refractivity contribution in [3.05, 3.63) is 28.7 Å². The first kappa shape index (κ1) is 12.8. The van der Waals surface area contributed by atoms with Crippen LogP contribution in [0.4, 0.5) is 0 Å². The van der Waals surface area contributed by atoms with Crippen molar-refractivity contribution in [3.63, 3.8) is 0 Å². The van der Waals surface area contributed by atoms with E-state index in [1.165, 1.54) is 4.52 Å². The van der Waals surface area contributed by atoms with Gasteiger partial charge in [0, 0.05) is 11.8 Å². The molecule has 6 heteroatoms. The van der Waals surface area contributed by atoms with Crippen molar-refractivity contribution in [2.45, 2.75) is 26.7 Å². The van der Waals surface area contributed by atoms with Crippen molar-refractivity contribution in [1.82, 2.24) is 14.6 Å². The van der Waals surface area contributed by atoms with Gasteiger partial charge in [-0.2, -0.15) is 5.10 Å². The lowest BCUT2D eigenvalue weighted by Crippen LogP contribution is -2.05. The number of carbonyl (C=O) groups is 1. The zero-order chi connectivity index (χ0) is 13.3. The summed E-state index contributed by atoms with van der Waals surface area (Å²) >= 11 is 6.11. The molecule has 2 aromatic rings. The van der Waals surface area contributed by atoms with Crippen LogP contribution in [-0.2, 0) is 4.74 Å². The van der Waals surface area contributed by atoms with E-state index in [0.717, 1.165) is 5.69 Å². The Morgan fingerprint density at radius 1 is 1.50 bits per heavy atom. The zero-order valence-corrected chi connectivity index (χ0v) is 11.2. The predicted octanol–water partition coefficient (Wildman–Crippen LogP) is 2.68. The van der Waals surface area contributed by atoms with Crippen molar-refractivity contribution >= 4 is 23.2 Å². The van der Waals surface area contributed by atoms with Crippen LogP contribution in [0.1, 0.15) is 42.9 Å². The number of hydrogen-bond acceptors (Lipinski definition) is 4. The molecule has 0 aliphatic rings. The molecule has 0 aliphatic heterocycles. The Balaban J connectivity index is 2.50. The maximum absolute atomic E-state index is 11.6. The third-order valence-electron chi connectivity index (χ3n) is 2.48. The van der Waals surface area contributed by atoms with Crippen molar-refractivity contribution < 1.29 is 9.53 Å². The van der Waals surface area contributed by atoms with E-state index < -0.39 is 5.97 Å². The molecular weight excluding hydrogens is 254 g/mol. The largest absolute Gasteiger partial charge is 0.461 e. The van der Waals surface area contributed by atoms with E-state index in [4.69, 9.17) is 16.3 Å². The van der Waals surface area contributed by atoms with Crippen LogP contribution in [-0.4, -0.2) is 27.2 Å². The van der Waals surface area contributed by atoms with Crippen molar-refractivity contribution in [1.29, 1.82) is 0 Å². The molecule has 0 amide bonds. The lowest BCUT2D eigenvalue weighted by atomic mass is 10.1. The van der Waals surface area contributed by atoms with Crippen LogP contribution >= 0.6 is 11.6 Å². The summed E-state index contributed by atoms with van der Waals surface area (Å²) in [5.41, 5.74) is 1.63. The Morgan fingerprint density at radius 3 is 2.83 bits per heavy atom. The number of aromatic nitrogens is 3. The van der Waals surface area contributed by atoms with Crippen molar-refractivity contribution in [3.8, 4) is 0 Å². The monoisotopic (exact) mass is 267 g/mol. The maximum atomic E-state index is 11.6. The van der Waals surface area contributed by atoms with Gasteiger partial charge in [-0.1, -0.05) is 25.4 Å². The maximum Gasteiger partial charge on any atom is 0.358 e. The molecule has 0 fully saturated rings. The van der Waals surface area contributed by atoms with Crippen LogP contribution in [0.25, 0.3) is 5.65 Å². The fraction of sp³-hybridized carbons (Fsp3) is 0.417. The highest BCUT2D eigenvalue weighted by Crippen LogP contribution is 2.19. The fourth-order valence-corrected chi connectivity index (χ4v) is 1.79. The van der Waals surface area contributed by atoms with Crippen molar-refractivity contribution in [2.75, 3.05) is 6.61 Å². The molecule has 0 bridgehead atoms. The van der Waals surface area contributed by atoms with Crippen LogP contribution in [0.15, 0.2) is 12.1 Å². The summed E-state index contributed by atoms with van der Waals surface area (Å²) in [6, 6.07) is 3.33. The van der Waals surface area contributed by atoms with Gasteiger partial charge in [0.2, 0.25) is 0 Å². The molecule has 0 aromatic carbocycles. The summed E-state index contributed by atoms with van der Waals surface area (Å²) in [7, 11) is 0. The second-order valence-electron chi connectivity index (χ2n) is 4.18. The van der Waals surface area contributed by atoms with E-state index in [-0.39, 0.29) is 11.6 Å². The minimum atomic E-state index is -0.467. The molecule has 96 valence electrons. The van der Waals surface area contributed by atoms with Crippen LogP contribution in [0.5, 0.6) is 0 Å². The molecule has 0 unspecified atom stereocenters. The zero-order valence-electron chi connectivity index (χ0n) is 10.5. The molecule has 0 atom stereocenters. The van der Waals surface area contributed by atoms with Gasteiger partial charge in [0.05, 0.1) is 6.61 Å². The third-order valence-corrected chi connectivity index (χ3v) is 2.75. The second-order valence-corrected chi connectivity index (χ2v) is 4.57. The quantitative estimate of drug-likeness (QED) is 0.634. The van der Waals surface area contributed by atoms with Gasteiger partial charge in [0.15, 0.2) is 11.3 Å². The molecule has 18 heavy (non-hydrogen) atoms. The fourth-order valence-electron chi connectivity index (χ4n) is 1.56. The molecule has 2 aromatic heterocycles. The first-order valence-electron chi connectivity index (χ1n) is 5.76. The Labute approximate surface area is 110 Å². The van der Waals surface area contributed by atoms with Gasteiger partial charge in [0.25, 0.3) is 0 Å². The molecule has 2 rings (SSSR count). The highest BCUT2D eigenvalue weighted by Gasteiger charge is 2.15. The first-order valence-corrected chi connectivity index (χ1v) is 6.14. The lowest BCUT2D eigenvalue weighted by molar-refractivity contribution is 0.0519. The number of halogens is 1. The molecule has 5 nitrogen and oxygen atoms in total. The van der Waals surface area contributed by atoms with E-state index in [9.17, 15) is 4.79 Å². The van der Waals surface area contributed by atoms with E-state index in [0.29, 0.717) is 17.4 Å². The van der Waals surface area contributed by atoms with E-state index in [1.54, 1.807) is 19.1 Å². The second kappa shape index (κ2) is 4.94. The number of fused-ring (bicyclic) bond motifs is 1. The molecule has 2 heterocycles. The number of carbonyl (C=O) groups excluding carboxylic acids is 1. The van der Waals surface area contributed by atoms with Gasteiger partial charge in [-0.25, -0.2) is 14.3 Å². The summed E-state index contributed by atoms with van der Waals surface area (Å²) in [4.78, 5) is 16.0. The van der Waals surface area contributed by atoms with Gasteiger partial charge in [-0.05, 0) is 18.9 Å². The third kappa shape index (κ3) is 2.31. The minimum Gasteiger partial charge on any atom is -0.461 e. The van der Waals surface area contributed by atoms with Crippen molar-refractivity contribution in [2.24, 2.45) is 0 Å². The average molecular weight is 268 g/mol. The molecule has 0 spiro atoms. The molecule has 0 aliphatic carbocycles. The SMILES string of the molecule is CCOC(=O)c1cc2nc(C(C)C)cc(Cl)n2n1. The lowest BCUT2D eigenvalue weighted by Gasteiger charge is -2.05. The normalized spacial score (nSPS) is 11.2. The van der Waals surface area contributed by atoms with E-state index in [1.807, 2.05) is 13.8 Å². The van der Waals surface area contributed by atoms with Gasteiger partial charge in [0.1, 0.15) is 5.15 Å². The van der Waals surface area contributed by atoms with Crippen LogP contribution < -0.4 is 0 Å². The molecule has 0 saturated heterocycles. The Bertz CT molecular complexity index is 592. The Hall–Kier alpha value is -1.62. The number of esters is 1. The number of rotatable bonds is 3. The molecule has 0 radical (unpaired) electrons. The molecule has 0 N–H and O–H groups in total. The average Bonchev–Trinajstić information content (AvgIpc) is 2.73. The highest BCUT2D eigenvalue weighted by molar-refractivity contribution is 6.29. The summed E-state index contributed by atoms with van der Waals surface area (Å²) in [6.07, 6.45) is 0. The smallest absolute Gasteiger partial charge is 0.358 e. The van der Waals surface area contributed by atoms with Crippen LogP contribution in [0, 0.1) is 0 Å². The van der Waals surface area contributed by atoms with Crippen LogP contribution in [0.3, 0.4) is 0 Å². The highest BCUT2D eigenvalue weighted by atomic mass is 35.5. The van der Waals surface area contributed by atoms with Crippen LogP contribution in [0.2, 0.25) is 5.15 Å². The van der Waals surface area contributed by atoms with E-state index in [2.05, 4.69) is 10.1 Å². The van der Waals surface area contributed by atoms with Gasteiger partial charge in [-0.3, -0.25) is 0 Å². The number of nitrogens with zero attached hydrogens (tertiary/aromatic N) is 3. The minimum absolute atomic E-state index is 0.215. The summed E-state index contributed by atoms with van der Waals surface area (Å²) in [5, 5.41) is 4.51. The summed E-state index contributed by atoms with van der Waals surface area (Å²) < 4.78 is 6.32.